The highest BCUT2D eigenvalue weighted by Crippen LogP contribution is 2.19. The van der Waals surface area contributed by atoms with Crippen LogP contribution in [0.3, 0.4) is 0 Å². The van der Waals surface area contributed by atoms with Crippen LogP contribution in [0.4, 0.5) is 0 Å². The number of carboxylic acids is 1. The maximum absolute atomic E-state index is 10.9. The predicted octanol–water partition coefficient (Wildman–Crippen LogP) is 1.33. The van der Waals surface area contributed by atoms with Crippen molar-refractivity contribution >= 4 is 17.0 Å². The topological polar surface area (TPSA) is 89.8 Å². The van der Waals surface area contributed by atoms with Gasteiger partial charge in [0.05, 0.1) is 35.4 Å². The van der Waals surface area contributed by atoms with E-state index in [1.807, 2.05) is 6.07 Å². The number of aromatic carboxylic acids is 1. The number of benzene rings is 1. The second kappa shape index (κ2) is 3.42. The third-order valence-electron chi connectivity index (χ3n) is 2.16. The first-order chi connectivity index (χ1) is 7.24. The van der Waals surface area contributed by atoms with Crippen molar-refractivity contribution in [1.82, 2.24) is 9.97 Å². The number of fused-ring (bicyclic) bond motifs is 1. The Balaban J connectivity index is 2.72. The Hall–Kier alpha value is -2.35. The summed E-state index contributed by atoms with van der Waals surface area (Å²) in [5.41, 5.74) is 1.93. The lowest BCUT2D eigenvalue weighted by molar-refractivity contribution is 0.0699. The molecule has 0 radical (unpaired) electrons. The molecule has 0 aliphatic carbocycles. The Morgan fingerprint density at radius 3 is 3.07 bits per heavy atom. The molecule has 5 nitrogen and oxygen atoms in total. The van der Waals surface area contributed by atoms with E-state index in [0.29, 0.717) is 11.0 Å². The highest BCUT2D eigenvalue weighted by molar-refractivity contribution is 6.01. The molecule has 0 fully saturated rings. The fourth-order valence-corrected chi connectivity index (χ4v) is 1.50. The van der Waals surface area contributed by atoms with Gasteiger partial charge in [0.2, 0.25) is 0 Å². The van der Waals surface area contributed by atoms with E-state index in [2.05, 4.69) is 9.97 Å². The molecule has 0 atom stereocenters. The highest BCUT2D eigenvalue weighted by atomic mass is 16.4. The molecule has 0 amide bonds. The molecule has 0 aliphatic rings. The molecule has 1 heterocycles. The van der Waals surface area contributed by atoms with Gasteiger partial charge < -0.3 is 10.1 Å². The number of carboxylic acid groups (broad SMARTS) is 1. The quantitative estimate of drug-likeness (QED) is 0.766. The molecule has 0 saturated heterocycles. The van der Waals surface area contributed by atoms with Crippen LogP contribution in [0.5, 0.6) is 0 Å². The normalized spacial score (nSPS) is 10.1. The summed E-state index contributed by atoms with van der Waals surface area (Å²) in [5, 5.41) is 17.5. The van der Waals surface area contributed by atoms with E-state index in [9.17, 15) is 4.79 Å². The van der Waals surface area contributed by atoms with Gasteiger partial charge in [-0.15, -0.1) is 0 Å². The van der Waals surface area contributed by atoms with E-state index < -0.39 is 5.97 Å². The molecule has 1 aromatic carbocycles. The maximum atomic E-state index is 10.9. The second-order valence-corrected chi connectivity index (χ2v) is 3.04. The van der Waals surface area contributed by atoms with Crippen molar-refractivity contribution in [3.63, 3.8) is 0 Å². The molecule has 2 N–H and O–H groups in total. The fraction of sp³-hybridized carbons (Fsp3) is 0.100. The third-order valence-corrected chi connectivity index (χ3v) is 2.16. The first-order valence-corrected chi connectivity index (χ1v) is 4.29. The van der Waals surface area contributed by atoms with E-state index in [1.54, 1.807) is 6.07 Å². The van der Waals surface area contributed by atoms with Gasteiger partial charge in [-0.3, -0.25) is 0 Å². The van der Waals surface area contributed by atoms with Crippen LogP contribution in [0.25, 0.3) is 11.0 Å². The van der Waals surface area contributed by atoms with Crippen LogP contribution in [0.2, 0.25) is 0 Å². The molecule has 0 unspecified atom stereocenters. The number of hydrogen-bond donors (Lipinski definition) is 2. The number of aromatic nitrogens is 2. The van der Waals surface area contributed by atoms with Crippen LogP contribution < -0.4 is 0 Å². The zero-order valence-corrected chi connectivity index (χ0v) is 7.69. The van der Waals surface area contributed by atoms with E-state index >= 15 is 0 Å². The minimum atomic E-state index is -1.01. The molecule has 74 valence electrons. The van der Waals surface area contributed by atoms with Crippen molar-refractivity contribution in [3.05, 3.63) is 29.6 Å². The summed E-state index contributed by atoms with van der Waals surface area (Å²) in [7, 11) is 0. The van der Waals surface area contributed by atoms with Gasteiger partial charge in [0.15, 0.2) is 0 Å². The number of nitrogens with one attached hydrogen (secondary N) is 1. The van der Waals surface area contributed by atoms with E-state index in [0.717, 1.165) is 5.56 Å². The van der Waals surface area contributed by atoms with Crippen LogP contribution in [0, 0.1) is 11.3 Å². The third kappa shape index (κ3) is 1.42. The number of H-pyrrole nitrogens is 1. The first kappa shape index (κ1) is 9.21. The largest absolute Gasteiger partial charge is 0.478 e. The van der Waals surface area contributed by atoms with Crippen molar-refractivity contribution in [2.24, 2.45) is 0 Å². The molecule has 0 saturated carbocycles. The number of rotatable bonds is 2. The molecule has 5 heteroatoms. The Morgan fingerprint density at radius 2 is 2.40 bits per heavy atom. The van der Waals surface area contributed by atoms with Crippen LogP contribution in [0.1, 0.15) is 15.9 Å². The Kier molecular flexibility index (Phi) is 2.10. The lowest BCUT2D eigenvalue weighted by atomic mass is 10.1. The van der Waals surface area contributed by atoms with Crippen LogP contribution >= 0.6 is 0 Å². The minimum Gasteiger partial charge on any atom is -0.478 e. The van der Waals surface area contributed by atoms with Crippen molar-refractivity contribution < 1.29 is 9.90 Å². The van der Waals surface area contributed by atoms with Crippen LogP contribution in [-0.2, 0) is 6.42 Å². The molecular formula is C10H7N3O2. The van der Waals surface area contributed by atoms with E-state index in [4.69, 9.17) is 10.4 Å². The molecule has 1 aromatic heterocycles. The van der Waals surface area contributed by atoms with Gasteiger partial charge in [-0.2, -0.15) is 5.26 Å². The molecule has 0 bridgehead atoms. The first-order valence-electron chi connectivity index (χ1n) is 4.29. The number of carbonyl (C=O) groups is 1. The van der Waals surface area contributed by atoms with Crippen molar-refractivity contribution in [1.29, 1.82) is 5.26 Å². The summed E-state index contributed by atoms with van der Waals surface area (Å²) in [6.45, 7) is 0. The zero-order chi connectivity index (χ0) is 10.8. The molecule has 2 aromatic rings. The maximum Gasteiger partial charge on any atom is 0.337 e. The molecule has 0 spiro atoms. The molecular weight excluding hydrogens is 194 g/mol. The SMILES string of the molecule is N#CCc1ccc(C(=O)O)c2[nH]cnc12. The zero-order valence-electron chi connectivity index (χ0n) is 7.69. The predicted molar refractivity (Wildman–Crippen MR) is 52.4 cm³/mol. The van der Waals surface area contributed by atoms with Gasteiger partial charge in [-0.1, -0.05) is 6.07 Å². The van der Waals surface area contributed by atoms with E-state index in [1.165, 1.54) is 12.4 Å². The number of hydrogen-bond acceptors (Lipinski definition) is 3. The Morgan fingerprint density at radius 1 is 1.60 bits per heavy atom. The van der Waals surface area contributed by atoms with Gasteiger partial charge in [0.1, 0.15) is 0 Å². The summed E-state index contributed by atoms with van der Waals surface area (Å²) in [6.07, 6.45) is 1.65. The van der Waals surface area contributed by atoms with E-state index in [-0.39, 0.29) is 12.0 Å². The standard InChI is InChI=1S/C10H7N3O2/c11-4-3-6-1-2-7(10(14)15)9-8(6)12-5-13-9/h1-2,5H,3H2,(H,12,13)(H,14,15). The lowest BCUT2D eigenvalue weighted by Crippen LogP contribution is -1.98. The van der Waals surface area contributed by atoms with Gasteiger partial charge in [0.25, 0.3) is 0 Å². The smallest absolute Gasteiger partial charge is 0.337 e. The molecule has 2 rings (SSSR count). The van der Waals surface area contributed by atoms with Crippen molar-refractivity contribution in [2.75, 3.05) is 0 Å². The lowest BCUT2D eigenvalue weighted by Gasteiger charge is -2.00. The van der Waals surface area contributed by atoms with Gasteiger partial charge in [-0.05, 0) is 11.6 Å². The van der Waals surface area contributed by atoms with Crippen molar-refractivity contribution in [3.8, 4) is 6.07 Å². The number of imidazole rings is 1. The van der Waals surface area contributed by atoms with Crippen LogP contribution in [0.15, 0.2) is 18.5 Å². The van der Waals surface area contributed by atoms with Gasteiger partial charge in [0, 0.05) is 0 Å². The number of aromatic amines is 1. The van der Waals surface area contributed by atoms with Crippen molar-refractivity contribution in [2.45, 2.75) is 6.42 Å². The number of nitriles is 1. The fourth-order valence-electron chi connectivity index (χ4n) is 1.50. The monoisotopic (exact) mass is 201 g/mol. The van der Waals surface area contributed by atoms with Crippen LogP contribution in [-0.4, -0.2) is 21.0 Å². The average Bonchev–Trinajstić information content (AvgIpc) is 2.66. The Bertz CT molecular complexity index is 566. The van der Waals surface area contributed by atoms with Gasteiger partial charge in [-0.25, -0.2) is 9.78 Å². The summed E-state index contributed by atoms with van der Waals surface area (Å²) >= 11 is 0. The minimum absolute atomic E-state index is 0.171. The number of nitrogens with zero attached hydrogens (tertiary/aromatic N) is 2. The Labute approximate surface area is 85.0 Å². The summed E-state index contributed by atoms with van der Waals surface area (Å²) in [6, 6.07) is 5.12. The second-order valence-electron chi connectivity index (χ2n) is 3.04. The average molecular weight is 201 g/mol. The summed E-state index contributed by atoms with van der Waals surface area (Å²) < 4.78 is 0. The summed E-state index contributed by atoms with van der Waals surface area (Å²) in [5.74, 6) is -1.01. The highest BCUT2D eigenvalue weighted by Gasteiger charge is 2.12. The molecule has 15 heavy (non-hydrogen) atoms. The molecule has 0 aliphatic heterocycles. The summed E-state index contributed by atoms with van der Waals surface area (Å²) in [4.78, 5) is 17.6. The van der Waals surface area contributed by atoms with Gasteiger partial charge >= 0.3 is 5.97 Å².